The lowest BCUT2D eigenvalue weighted by Crippen LogP contribution is -2.68. The zero-order valence-corrected chi connectivity index (χ0v) is 35.9. The summed E-state index contributed by atoms with van der Waals surface area (Å²) in [6, 6.07) is 19.9. The van der Waals surface area contributed by atoms with Crippen LogP contribution in [-0.2, 0) is 15.0 Å². The minimum absolute atomic E-state index is 0.0576. The number of aliphatic hydroxyl groups excluding tert-OH is 1. The van der Waals surface area contributed by atoms with E-state index in [1.807, 2.05) is 75.7 Å². The van der Waals surface area contributed by atoms with Crippen LogP contribution in [0.4, 0.5) is 0 Å². The maximum Gasteiger partial charge on any atom is 0.254 e. The van der Waals surface area contributed by atoms with Crippen LogP contribution in [0.2, 0.25) is 0 Å². The molecule has 61 heavy (non-hydrogen) atoms. The summed E-state index contributed by atoms with van der Waals surface area (Å²) in [7, 11) is 2.11. The first kappa shape index (κ1) is 40.7. The van der Waals surface area contributed by atoms with E-state index in [4.69, 9.17) is 9.26 Å². The van der Waals surface area contributed by atoms with E-state index in [-0.39, 0.29) is 53.3 Å². The number of aryl methyl sites for hydroxylation is 1. The lowest BCUT2D eigenvalue weighted by molar-refractivity contribution is -0.155. The molecule has 0 unspecified atom stereocenters. The Morgan fingerprint density at radius 2 is 1.85 bits per heavy atom. The number of aromatic amines is 1. The summed E-state index contributed by atoms with van der Waals surface area (Å²) in [4.78, 5) is 40.6. The van der Waals surface area contributed by atoms with Crippen LogP contribution >= 0.6 is 11.3 Å². The second kappa shape index (κ2) is 16.0. The van der Waals surface area contributed by atoms with Gasteiger partial charge in [0.2, 0.25) is 11.8 Å². The van der Waals surface area contributed by atoms with Gasteiger partial charge in [-0.05, 0) is 92.0 Å². The van der Waals surface area contributed by atoms with E-state index in [2.05, 4.69) is 48.7 Å². The van der Waals surface area contributed by atoms with Crippen LogP contribution in [0, 0.1) is 18.3 Å². The summed E-state index contributed by atoms with van der Waals surface area (Å²) in [6.07, 6.45) is 2.65. The average Bonchev–Trinajstić information content (AvgIpc) is 4.03. The Bertz CT molecular complexity index is 2550. The molecule has 6 aromatic rings. The first-order valence-corrected chi connectivity index (χ1v) is 21.9. The number of fused-ring (bicyclic) bond motifs is 1. The average molecular weight is 845 g/mol. The number of carbonyl (C=O) groups is 2. The van der Waals surface area contributed by atoms with Crippen LogP contribution in [0.15, 0.2) is 76.8 Å². The van der Waals surface area contributed by atoms with Crippen LogP contribution in [0.1, 0.15) is 81.1 Å². The smallest absolute Gasteiger partial charge is 0.254 e. The van der Waals surface area contributed by atoms with E-state index in [1.165, 1.54) is 10.6 Å². The van der Waals surface area contributed by atoms with Gasteiger partial charge in [-0.3, -0.25) is 9.59 Å². The number of β-amino-alcohol motifs (C(OH)–C–C–N with tert-alkyl or cyclic N) is 1. The highest BCUT2D eigenvalue weighted by atomic mass is 32.1. The van der Waals surface area contributed by atoms with Crippen molar-refractivity contribution in [3.05, 3.63) is 95.0 Å². The Morgan fingerprint density at radius 3 is 2.57 bits per heavy atom. The van der Waals surface area contributed by atoms with Gasteiger partial charge in [-0.25, -0.2) is 4.98 Å². The fraction of sp³-hybridized carbons (Fsp3) is 0.435. The van der Waals surface area contributed by atoms with E-state index >= 15 is 0 Å². The summed E-state index contributed by atoms with van der Waals surface area (Å²) in [5.41, 5.74) is 8.50. The summed E-state index contributed by atoms with van der Waals surface area (Å²) in [6.45, 7) is 9.86. The number of para-hydroxylation sites is 1. The summed E-state index contributed by atoms with van der Waals surface area (Å²) >= 11 is 1.59. The molecule has 4 N–H and O–H groups in total. The molecule has 3 aliphatic carbocycles. The van der Waals surface area contributed by atoms with E-state index in [9.17, 15) is 19.8 Å². The molecule has 10 rings (SSSR count). The van der Waals surface area contributed by atoms with Crippen molar-refractivity contribution in [1.29, 1.82) is 0 Å². The van der Waals surface area contributed by atoms with Gasteiger partial charge in [0, 0.05) is 54.2 Å². The molecule has 5 heterocycles. The number of phenols is 1. The van der Waals surface area contributed by atoms with Gasteiger partial charge < -0.3 is 39.6 Å². The van der Waals surface area contributed by atoms with Gasteiger partial charge in [0.1, 0.15) is 24.3 Å². The van der Waals surface area contributed by atoms with Crippen molar-refractivity contribution in [3.63, 3.8) is 0 Å². The quantitative estimate of drug-likeness (QED) is 0.0857. The molecule has 2 aromatic carbocycles. The van der Waals surface area contributed by atoms with Crippen LogP contribution in [0.25, 0.3) is 32.7 Å². The van der Waals surface area contributed by atoms with E-state index < -0.39 is 18.1 Å². The number of likely N-dealkylation sites (tertiary alicyclic amines) is 1. The molecule has 0 radical (unpaired) electrons. The third-order valence-corrected chi connectivity index (χ3v) is 14.0. The molecular weight excluding hydrogens is 793 g/mol. The van der Waals surface area contributed by atoms with Gasteiger partial charge in [0.05, 0.1) is 33.9 Å². The van der Waals surface area contributed by atoms with Crippen LogP contribution in [0.5, 0.6) is 11.6 Å². The molecule has 318 valence electrons. The normalized spacial score (nSPS) is 22.9. The van der Waals surface area contributed by atoms with Crippen molar-refractivity contribution in [2.24, 2.45) is 11.3 Å². The number of aliphatic hydroxyl groups is 1. The number of nitrogens with one attached hydrogen (secondary N) is 2. The van der Waals surface area contributed by atoms with Gasteiger partial charge in [0.25, 0.3) is 5.88 Å². The monoisotopic (exact) mass is 844 g/mol. The molecule has 2 amide bonds. The SMILES string of the molecule is Cc1ncsc1-c1ccc([C@H](C)NC(=O)[C@@H]2C[C@@H](O)CN2C(=O)[C@@H](c2cc(OCCN(C)CC34CC(c5cc6cc(-c7ccccc7O)nnc6[nH]5)(C3)C4)no2)C(C)C)cc1. The number of H-pyrrole nitrogens is 1. The number of carbonyl (C=O) groups excluding carboxylic acids is 2. The van der Waals surface area contributed by atoms with Crippen LogP contribution in [0.3, 0.4) is 0 Å². The number of rotatable bonds is 15. The number of nitrogens with zero attached hydrogens (tertiary/aromatic N) is 6. The van der Waals surface area contributed by atoms with Crippen molar-refractivity contribution >= 4 is 34.2 Å². The standard InChI is InChI=1S/C46H52N8O6S/c1-26(2)40(44(58)54-20-32(55)18-35(54)43(57)48-27(3)29-10-12-30(13-11-29)41-28(4)47-25-61-41)37-19-39(52-60-37)59-15-14-53(5)24-45-21-46(22-45,23-45)38-17-31-16-34(50-51-42(31)49-38)33-8-6-7-9-36(33)56/h6-13,16-17,19,25-27,32,35,40,55-56H,14-15,18,20-24H2,1-5H3,(H,48,57)(H,49,51)/t27-,32+,35-,40+,45?,46?/m0/s1. The minimum atomic E-state index is -0.823. The van der Waals surface area contributed by atoms with Crippen molar-refractivity contribution in [3.8, 4) is 33.3 Å². The second-order valence-electron chi connectivity index (χ2n) is 17.9. The van der Waals surface area contributed by atoms with Crippen molar-refractivity contribution in [1.82, 2.24) is 40.4 Å². The molecule has 1 aliphatic heterocycles. The van der Waals surface area contributed by atoms with Gasteiger partial charge in [0.15, 0.2) is 11.4 Å². The Kier molecular flexibility index (Phi) is 10.7. The molecular formula is C46H52N8O6S. The van der Waals surface area contributed by atoms with Gasteiger partial charge >= 0.3 is 0 Å². The highest BCUT2D eigenvalue weighted by Crippen LogP contribution is 2.73. The maximum atomic E-state index is 14.2. The van der Waals surface area contributed by atoms with E-state index in [0.717, 1.165) is 58.5 Å². The van der Waals surface area contributed by atoms with Gasteiger partial charge in [-0.15, -0.1) is 21.5 Å². The lowest BCUT2D eigenvalue weighted by atomic mass is 9.34. The first-order chi connectivity index (χ1) is 29.3. The Morgan fingerprint density at radius 1 is 1.08 bits per heavy atom. The Hall–Kier alpha value is -5.64. The number of amides is 2. The van der Waals surface area contributed by atoms with E-state index in [1.54, 1.807) is 29.5 Å². The highest BCUT2D eigenvalue weighted by Gasteiger charge is 2.68. The summed E-state index contributed by atoms with van der Waals surface area (Å²) in [5, 5.41) is 38.0. The number of ether oxygens (including phenoxy) is 1. The van der Waals surface area contributed by atoms with Gasteiger partial charge in [-0.2, -0.15) is 0 Å². The molecule has 3 saturated carbocycles. The number of hydrogen-bond acceptors (Lipinski definition) is 12. The molecule has 4 aliphatic rings. The van der Waals surface area contributed by atoms with Crippen molar-refractivity contribution < 1.29 is 29.1 Å². The van der Waals surface area contributed by atoms with E-state index in [0.29, 0.717) is 36.0 Å². The number of phenolic OH excluding ortho intramolecular Hbond substituents is 1. The lowest BCUT2D eigenvalue weighted by Gasteiger charge is -2.71. The highest BCUT2D eigenvalue weighted by molar-refractivity contribution is 7.13. The zero-order chi connectivity index (χ0) is 42.6. The molecule has 4 aromatic heterocycles. The van der Waals surface area contributed by atoms with Crippen molar-refractivity contribution in [2.75, 3.05) is 33.3 Å². The van der Waals surface area contributed by atoms with Crippen LogP contribution in [-0.4, -0.2) is 103 Å². The molecule has 4 fully saturated rings. The third-order valence-electron chi connectivity index (χ3n) is 13.0. The largest absolute Gasteiger partial charge is 0.507 e. The number of aromatic nitrogens is 5. The molecule has 15 heteroatoms. The predicted octanol–water partition coefficient (Wildman–Crippen LogP) is 6.76. The molecule has 2 bridgehead atoms. The number of likely N-dealkylation sites (N-methyl/N-ethyl adjacent to an activating group) is 1. The number of hydrogen-bond donors (Lipinski definition) is 4. The topological polar surface area (TPSA) is 183 Å². The Balaban J connectivity index is 0.762. The van der Waals surface area contributed by atoms with Gasteiger partial charge in [-0.1, -0.05) is 50.2 Å². The fourth-order valence-corrected chi connectivity index (χ4v) is 10.9. The Labute approximate surface area is 358 Å². The minimum Gasteiger partial charge on any atom is -0.507 e. The molecule has 4 atom stereocenters. The summed E-state index contributed by atoms with van der Waals surface area (Å²) in [5.74, 6) is -0.631. The fourth-order valence-electron chi connectivity index (χ4n) is 10.1. The zero-order valence-electron chi connectivity index (χ0n) is 35.1. The number of aromatic hydroxyl groups is 1. The third kappa shape index (κ3) is 7.78. The second-order valence-corrected chi connectivity index (χ2v) is 18.8. The predicted molar refractivity (Wildman–Crippen MR) is 231 cm³/mol. The first-order valence-electron chi connectivity index (χ1n) is 21.0. The molecule has 1 saturated heterocycles. The van der Waals surface area contributed by atoms with Crippen molar-refractivity contribution in [2.45, 2.75) is 82.9 Å². The number of benzene rings is 2. The molecule has 0 spiro atoms. The maximum absolute atomic E-state index is 14.2. The number of thiazole rings is 1. The molecule has 14 nitrogen and oxygen atoms in total. The van der Waals surface area contributed by atoms with Crippen LogP contribution < -0.4 is 10.1 Å². The summed E-state index contributed by atoms with van der Waals surface area (Å²) < 4.78 is 11.7.